The molecular formula is C15H22N2O3. The molecule has 0 saturated carbocycles. The highest BCUT2D eigenvalue weighted by molar-refractivity contribution is 5.82. The van der Waals surface area contributed by atoms with Crippen LogP contribution in [0.2, 0.25) is 0 Å². The van der Waals surface area contributed by atoms with Crippen molar-refractivity contribution in [1.82, 2.24) is 0 Å². The van der Waals surface area contributed by atoms with Crippen LogP contribution in [-0.4, -0.2) is 19.2 Å². The summed E-state index contributed by atoms with van der Waals surface area (Å²) in [5.41, 5.74) is 5.33. The topological polar surface area (TPSA) is 77.6 Å². The highest BCUT2D eigenvalue weighted by atomic mass is 16.7. The summed E-state index contributed by atoms with van der Waals surface area (Å²) < 4.78 is 16.2. The van der Waals surface area contributed by atoms with Crippen LogP contribution < -0.4 is 19.9 Å². The van der Waals surface area contributed by atoms with Crippen LogP contribution in [0.15, 0.2) is 18.2 Å². The van der Waals surface area contributed by atoms with Gasteiger partial charge in [0.1, 0.15) is 5.75 Å². The lowest BCUT2D eigenvalue weighted by Crippen LogP contribution is -2.30. The van der Waals surface area contributed by atoms with E-state index in [1.807, 2.05) is 32.0 Å². The van der Waals surface area contributed by atoms with Gasteiger partial charge in [-0.2, -0.15) is 0 Å². The van der Waals surface area contributed by atoms with Gasteiger partial charge in [0.2, 0.25) is 6.79 Å². The Bertz CT molecular complexity index is 486. The van der Waals surface area contributed by atoms with Crippen molar-refractivity contribution in [2.45, 2.75) is 33.1 Å². The number of nitrogens with two attached hydrogens (primary N) is 1. The molecule has 3 N–H and O–H groups in total. The van der Waals surface area contributed by atoms with Crippen LogP contribution in [0.4, 0.5) is 0 Å². The van der Waals surface area contributed by atoms with E-state index in [4.69, 9.17) is 25.4 Å². The highest BCUT2D eigenvalue weighted by Crippen LogP contribution is 2.35. The van der Waals surface area contributed by atoms with E-state index in [0.29, 0.717) is 6.61 Å². The van der Waals surface area contributed by atoms with Crippen molar-refractivity contribution in [2.24, 2.45) is 11.1 Å². The second kappa shape index (κ2) is 6.03. The maximum atomic E-state index is 7.50. The number of benzene rings is 1. The molecular weight excluding hydrogens is 256 g/mol. The molecule has 1 aromatic rings. The number of hydrogen-bond acceptors (Lipinski definition) is 4. The number of unbranched alkanes of at least 4 members (excludes halogenated alkanes) is 1. The Balaban J connectivity index is 1.70. The zero-order chi connectivity index (χ0) is 14.6. The van der Waals surface area contributed by atoms with Crippen LogP contribution in [0.1, 0.15) is 33.1 Å². The fourth-order valence-electron chi connectivity index (χ4n) is 1.96. The third-order valence-electron chi connectivity index (χ3n) is 3.54. The van der Waals surface area contributed by atoms with Crippen molar-refractivity contribution >= 4 is 5.84 Å². The first-order chi connectivity index (χ1) is 9.49. The van der Waals surface area contributed by atoms with E-state index in [9.17, 15) is 0 Å². The largest absolute Gasteiger partial charge is 0.493 e. The van der Waals surface area contributed by atoms with Crippen molar-refractivity contribution in [3.63, 3.8) is 0 Å². The molecule has 0 aromatic heterocycles. The molecule has 5 heteroatoms. The second-order valence-electron chi connectivity index (χ2n) is 5.62. The quantitative estimate of drug-likeness (QED) is 0.456. The van der Waals surface area contributed by atoms with E-state index in [1.54, 1.807) is 0 Å². The Morgan fingerprint density at radius 3 is 2.80 bits per heavy atom. The third-order valence-corrected chi connectivity index (χ3v) is 3.54. The van der Waals surface area contributed by atoms with E-state index in [-0.39, 0.29) is 18.0 Å². The molecule has 20 heavy (non-hydrogen) atoms. The molecule has 0 spiro atoms. The molecule has 0 fully saturated rings. The summed E-state index contributed by atoms with van der Waals surface area (Å²) in [6.45, 7) is 4.91. The molecule has 1 heterocycles. The van der Waals surface area contributed by atoms with Crippen LogP contribution in [0.3, 0.4) is 0 Å². The van der Waals surface area contributed by atoms with Crippen molar-refractivity contribution in [3.05, 3.63) is 18.2 Å². The summed E-state index contributed by atoms with van der Waals surface area (Å²) in [5.74, 6) is 2.54. The Morgan fingerprint density at radius 1 is 1.30 bits per heavy atom. The molecule has 0 bridgehead atoms. The molecule has 110 valence electrons. The Hall–Kier alpha value is -1.91. The van der Waals surface area contributed by atoms with Crippen molar-refractivity contribution in [3.8, 4) is 17.2 Å². The lowest BCUT2D eigenvalue weighted by molar-refractivity contribution is 0.173. The smallest absolute Gasteiger partial charge is 0.231 e. The Labute approximate surface area is 119 Å². The first-order valence-corrected chi connectivity index (χ1v) is 6.86. The normalized spacial score (nSPS) is 13.3. The number of fused-ring (bicyclic) bond motifs is 1. The number of hydrogen-bond donors (Lipinski definition) is 2. The van der Waals surface area contributed by atoms with Crippen molar-refractivity contribution in [2.75, 3.05) is 13.4 Å². The summed E-state index contributed by atoms with van der Waals surface area (Å²) in [5, 5.41) is 7.50. The van der Waals surface area contributed by atoms with Gasteiger partial charge >= 0.3 is 0 Å². The minimum Gasteiger partial charge on any atom is -0.493 e. The molecule has 0 amide bonds. The minimum atomic E-state index is -0.223. The standard InChI is InChI=1S/C15H22N2O3/c1-15(2,14(16)17)7-3-4-8-18-11-5-6-12-13(9-11)20-10-19-12/h5-6,9H,3-4,7-8,10H2,1-2H3,(H3,16,17). The van der Waals surface area contributed by atoms with E-state index in [2.05, 4.69) is 0 Å². The molecule has 0 radical (unpaired) electrons. The Morgan fingerprint density at radius 2 is 2.05 bits per heavy atom. The van der Waals surface area contributed by atoms with Gasteiger partial charge in [-0.1, -0.05) is 13.8 Å². The first-order valence-electron chi connectivity index (χ1n) is 6.86. The van der Waals surface area contributed by atoms with Gasteiger partial charge in [-0.15, -0.1) is 0 Å². The molecule has 2 rings (SSSR count). The van der Waals surface area contributed by atoms with Gasteiger partial charge in [0.05, 0.1) is 12.4 Å². The van der Waals surface area contributed by atoms with Crippen LogP contribution in [0, 0.1) is 10.8 Å². The second-order valence-corrected chi connectivity index (χ2v) is 5.62. The predicted molar refractivity (Wildman–Crippen MR) is 77.6 cm³/mol. The molecule has 1 aliphatic heterocycles. The monoisotopic (exact) mass is 278 g/mol. The maximum Gasteiger partial charge on any atom is 0.231 e. The molecule has 5 nitrogen and oxygen atoms in total. The number of nitrogens with one attached hydrogen (secondary N) is 1. The van der Waals surface area contributed by atoms with Gasteiger partial charge in [0.25, 0.3) is 0 Å². The molecule has 0 saturated heterocycles. The lowest BCUT2D eigenvalue weighted by atomic mass is 9.86. The van der Waals surface area contributed by atoms with Crippen LogP contribution in [0.25, 0.3) is 0 Å². The zero-order valence-corrected chi connectivity index (χ0v) is 12.1. The minimum absolute atomic E-state index is 0.223. The SMILES string of the molecule is CC(C)(CCCCOc1ccc2c(c1)OCO2)C(=N)N. The van der Waals surface area contributed by atoms with Gasteiger partial charge in [-0.05, 0) is 31.4 Å². The predicted octanol–water partition coefficient (Wildman–Crippen LogP) is 2.93. The Kier molecular flexibility index (Phi) is 4.37. The van der Waals surface area contributed by atoms with E-state index >= 15 is 0 Å². The fraction of sp³-hybridized carbons (Fsp3) is 0.533. The lowest BCUT2D eigenvalue weighted by Gasteiger charge is -2.22. The maximum absolute atomic E-state index is 7.50. The van der Waals surface area contributed by atoms with Crippen LogP contribution in [0.5, 0.6) is 17.2 Å². The molecule has 0 aliphatic carbocycles. The summed E-state index contributed by atoms with van der Waals surface area (Å²) >= 11 is 0. The average Bonchev–Trinajstić information content (AvgIpc) is 2.85. The number of rotatable bonds is 7. The first kappa shape index (κ1) is 14.5. The molecule has 1 aromatic carbocycles. The molecule has 0 unspecified atom stereocenters. The van der Waals surface area contributed by atoms with Crippen molar-refractivity contribution in [1.29, 1.82) is 5.41 Å². The van der Waals surface area contributed by atoms with Gasteiger partial charge < -0.3 is 19.9 Å². The molecule has 1 aliphatic rings. The van der Waals surface area contributed by atoms with Gasteiger partial charge in [0.15, 0.2) is 11.5 Å². The molecule has 0 atom stereocenters. The summed E-state index contributed by atoms with van der Waals surface area (Å²) in [7, 11) is 0. The number of ether oxygens (including phenoxy) is 3. The van der Waals surface area contributed by atoms with E-state index in [1.165, 1.54) is 0 Å². The van der Waals surface area contributed by atoms with E-state index < -0.39 is 0 Å². The van der Waals surface area contributed by atoms with Crippen LogP contribution >= 0.6 is 0 Å². The van der Waals surface area contributed by atoms with Crippen LogP contribution in [-0.2, 0) is 0 Å². The highest BCUT2D eigenvalue weighted by Gasteiger charge is 2.20. The number of amidine groups is 1. The summed E-state index contributed by atoms with van der Waals surface area (Å²) in [4.78, 5) is 0. The van der Waals surface area contributed by atoms with Gasteiger partial charge in [-0.3, -0.25) is 5.41 Å². The van der Waals surface area contributed by atoms with E-state index in [0.717, 1.165) is 36.5 Å². The van der Waals surface area contributed by atoms with Gasteiger partial charge in [0, 0.05) is 11.5 Å². The fourth-order valence-corrected chi connectivity index (χ4v) is 1.96. The van der Waals surface area contributed by atoms with Gasteiger partial charge in [-0.25, -0.2) is 0 Å². The third kappa shape index (κ3) is 3.56. The average molecular weight is 278 g/mol. The van der Waals surface area contributed by atoms with Crippen molar-refractivity contribution < 1.29 is 14.2 Å². The zero-order valence-electron chi connectivity index (χ0n) is 12.1. The summed E-state index contributed by atoms with van der Waals surface area (Å²) in [6, 6.07) is 5.59. The summed E-state index contributed by atoms with van der Waals surface area (Å²) in [6.07, 6.45) is 2.81.